The quantitative estimate of drug-likeness (QED) is 0.207. The Labute approximate surface area is 271 Å². The van der Waals surface area contributed by atoms with Gasteiger partial charge in [-0.25, -0.2) is 0 Å². The number of aliphatic hydroxyl groups excluding tert-OH is 1. The van der Waals surface area contributed by atoms with Crippen LogP contribution in [0.5, 0.6) is 11.5 Å². The van der Waals surface area contributed by atoms with E-state index in [-0.39, 0.29) is 6.10 Å². The molecule has 1 aliphatic carbocycles. The van der Waals surface area contributed by atoms with Crippen molar-refractivity contribution >= 4 is 0 Å². The van der Waals surface area contributed by atoms with Crippen molar-refractivity contribution in [2.75, 3.05) is 39.3 Å². The van der Waals surface area contributed by atoms with Crippen molar-refractivity contribution in [3.05, 3.63) is 58.7 Å². The SMILES string of the molecule is OC1CN(CCCCc2ccc3c(c2)OOC3)CCCN(CCCCc2ccc3c(c2)OOC3)CC1C1CCCCCCCC1. The number of nitrogens with zero attached hydrogens (tertiary/aromatic N) is 2. The van der Waals surface area contributed by atoms with Gasteiger partial charge in [0.1, 0.15) is 13.2 Å². The molecule has 0 amide bonds. The van der Waals surface area contributed by atoms with E-state index in [0.29, 0.717) is 25.0 Å². The summed E-state index contributed by atoms with van der Waals surface area (Å²) >= 11 is 0. The van der Waals surface area contributed by atoms with Crippen LogP contribution >= 0.6 is 0 Å². The summed E-state index contributed by atoms with van der Waals surface area (Å²) in [7, 11) is 0. The molecule has 0 radical (unpaired) electrons. The molecule has 3 heterocycles. The van der Waals surface area contributed by atoms with Gasteiger partial charge in [0.05, 0.1) is 6.10 Å². The van der Waals surface area contributed by atoms with E-state index in [2.05, 4.69) is 46.2 Å². The largest absolute Gasteiger partial charge is 0.391 e. The van der Waals surface area contributed by atoms with Crippen LogP contribution in [0.15, 0.2) is 36.4 Å². The average molecular weight is 621 g/mol. The van der Waals surface area contributed by atoms with Gasteiger partial charge in [-0.1, -0.05) is 75.6 Å². The molecule has 2 atom stereocenters. The smallest absolute Gasteiger partial charge is 0.171 e. The van der Waals surface area contributed by atoms with Crippen LogP contribution in [0.3, 0.4) is 0 Å². The fourth-order valence-electron chi connectivity index (χ4n) is 8.03. The van der Waals surface area contributed by atoms with Crippen LogP contribution in [0, 0.1) is 11.8 Å². The van der Waals surface area contributed by atoms with Gasteiger partial charge >= 0.3 is 0 Å². The summed E-state index contributed by atoms with van der Waals surface area (Å²) in [6.45, 7) is 7.37. The molecule has 6 rings (SSSR count). The second-order valence-electron chi connectivity index (χ2n) is 14.1. The Kier molecular flexibility index (Phi) is 12.5. The van der Waals surface area contributed by atoms with Gasteiger partial charge in [0.2, 0.25) is 0 Å². The molecule has 4 aliphatic rings. The molecular formula is C38H56N2O5. The fourth-order valence-corrected chi connectivity index (χ4v) is 8.03. The minimum Gasteiger partial charge on any atom is -0.391 e. The lowest BCUT2D eigenvalue weighted by molar-refractivity contribution is -0.194. The van der Waals surface area contributed by atoms with Gasteiger partial charge in [0.25, 0.3) is 0 Å². The summed E-state index contributed by atoms with van der Waals surface area (Å²) in [6, 6.07) is 13.0. The second-order valence-corrected chi connectivity index (χ2v) is 14.1. The van der Waals surface area contributed by atoms with Crippen LogP contribution in [-0.4, -0.2) is 60.3 Å². The first kappa shape index (κ1) is 32.8. The van der Waals surface area contributed by atoms with Crippen molar-refractivity contribution < 1.29 is 24.7 Å². The number of rotatable bonds is 11. The Hall–Kier alpha value is -2.16. The predicted molar refractivity (Wildman–Crippen MR) is 177 cm³/mol. The van der Waals surface area contributed by atoms with Crippen molar-refractivity contribution in [3.8, 4) is 11.5 Å². The Morgan fingerprint density at radius 3 is 1.73 bits per heavy atom. The zero-order chi connectivity index (χ0) is 30.7. The zero-order valence-corrected chi connectivity index (χ0v) is 27.4. The van der Waals surface area contributed by atoms with Crippen LogP contribution in [0.4, 0.5) is 0 Å². The molecule has 0 aromatic heterocycles. The monoisotopic (exact) mass is 620 g/mol. The zero-order valence-electron chi connectivity index (χ0n) is 27.4. The van der Waals surface area contributed by atoms with E-state index in [1.807, 2.05) is 0 Å². The lowest BCUT2D eigenvalue weighted by atomic mass is 9.80. The Balaban J connectivity index is 1.02. The Morgan fingerprint density at radius 1 is 0.622 bits per heavy atom. The minimum absolute atomic E-state index is 0.251. The predicted octanol–water partition coefficient (Wildman–Crippen LogP) is 7.42. The number of hydrogen-bond acceptors (Lipinski definition) is 7. The van der Waals surface area contributed by atoms with Crippen molar-refractivity contribution in [2.45, 2.75) is 116 Å². The summed E-state index contributed by atoms with van der Waals surface area (Å²) in [5.41, 5.74) is 4.93. The van der Waals surface area contributed by atoms with Gasteiger partial charge in [0, 0.05) is 30.1 Å². The van der Waals surface area contributed by atoms with Crippen molar-refractivity contribution in [3.63, 3.8) is 0 Å². The Morgan fingerprint density at radius 2 is 1.16 bits per heavy atom. The summed E-state index contributed by atoms with van der Waals surface area (Å²) in [5.74, 6) is 2.77. The standard InChI is InChI=1S/C38H56N2O5/c41-36-27-40(21-10-8-13-31-17-19-34-29-43-45-38(34)25-31)23-11-22-39(26-35(36)32-14-5-3-1-2-4-6-15-32)20-9-7-12-30-16-18-33-28-42-44-37(33)24-30/h16-19,24-25,32,35-36,41H,1-15,20-23,26-29H2. The van der Waals surface area contributed by atoms with E-state index in [0.717, 1.165) is 87.6 Å². The van der Waals surface area contributed by atoms with Gasteiger partial charge in [-0.2, -0.15) is 9.78 Å². The molecule has 7 nitrogen and oxygen atoms in total. The van der Waals surface area contributed by atoms with Gasteiger partial charge in [-0.15, -0.1) is 0 Å². The number of aryl methyl sites for hydroxylation is 2. The first-order chi connectivity index (χ1) is 22.2. The molecule has 1 saturated carbocycles. The maximum Gasteiger partial charge on any atom is 0.171 e. The number of fused-ring (bicyclic) bond motifs is 2. The van der Waals surface area contributed by atoms with E-state index in [1.165, 1.54) is 81.8 Å². The molecule has 0 bridgehead atoms. The number of benzene rings is 2. The number of aliphatic hydroxyl groups is 1. The topological polar surface area (TPSA) is 63.6 Å². The third-order valence-corrected chi connectivity index (χ3v) is 10.7. The highest BCUT2D eigenvalue weighted by atomic mass is 17.2. The molecule has 2 aromatic carbocycles. The van der Waals surface area contributed by atoms with Crippen LogP contribution in [0.2, 0.25) is 0 Å². The molecule has 248 valence electrons. The highest BCUT2D eigenvalue weighted by Crippen LogP contribution is 2.32. The van der Waals surface area contributed by atoms with Crippen LogP contribution in [0.25, 0.3) is 0 Å². The molecule has 7 heteroatoms. The highest BCUT2D eigenvalue weighted by molar-refractivity contribution is 5.39. The fraction of sp³-hybridized carbons (Fsp3) is 0.684. The van der Waals surface area contributed by atoms with Crippen LogP contribution in [0.1, 0.15) is 106 Å². The number of hydrogen-bond donors (Lipinski definition) is 1. The molecule has 2 aromatic rings. The molecule has 0 spiro atoms. The summed E-state index contributed by atoms with van der Waals surface area (Å²) in [4.78, 5) is 26.1. The lowest BCUT2D eigenvalue weighted by Gasteiger charge is -2.36. The summed E-state index contributed by atoms with van der Waals surface area (Å²) in [6.07, 6.45) is 18.4. The van der Waals surface area contributed by atoms with Gasteiger partial charge in [0.15, 0.2) is 11.5 Å². The second kappa shape index (κ2) is 17.1. The van der Waals surface area contributed by atoms with E-state index in [4.69, 9.17) is 19.6 Å². The van der Waals surface area contributed by atoms with Crippen molar-refractivity contribution in [2.24, 2.45) is 11.8 Å². The maximum absolute atomic E-state index is 11.9. The van der Waals surface area contributed by atoms with E-state index in [9.17, 15) is 5.11 Å². The Bertz CT molecular complexity index is 1180. The van der Waals surface area contributed by atoms with Gasteiger partial charge < -0.3 is 24.7 Å². The molecule has 2 unspecified atom stereocenters. The van der Waals surface area contributed by atoms with Crippen LogP contribution < -0.4 is 9.78 Å². The molecule has 1 N–H and O–H groups in total. The molecule has 2 fully saturated rings. The lowest BCUT2D eigenvalue weighted by Crippen LogP contribution is -2.43. The maximum atomic E-state index is 11.9. The minimum atomic E-state index is -0.251. The van der Waals surface area contributed by atoms with Crippen molar-refractivity contribution in [1.82, 2.24) is 9.80 Å². The summed E-state index contributed by atoms with van der Waals surface area (Å²) < 4.78 is 0. The highest BCUT2D eigenvalue weighted by Gasteiger charge is 2.32. The first-order valence-electron chi connectivity index (χ1n) is 18.2. The van der Waals surface area contributed by atoms with Gasteiger partial charge in [-0.05, 0) is 100 Å². The van der Waals surface area contributed by atoms with E-state index in [1.54, 1.807) is 0 Å². The van der Waals surface area contributed by atoms with E-state index >= 15 is 0 Å². The summed E-state index contributed by atoms with van der Waals surface area (Å²) in [5, 5.41) is 11.9. The molecule has 3 aliphatic heterocycles. The van der Waals surface area contributed by atoms with Gasteiger partial charge in [-0.3, -0.25) is 0 Å². The first-order valence-corrected chi connectivity index (χ1v) is 18.2. The average Bonchev–Trinajstić information content (AvgIpc) is 3.75. The van der Waals surface area contributed by atoms with Crippen molar-refractivity contribution in [1.29, 1.82) is 0 Å². The van der Waals surface area contributed by atoms with Crippen LogP contribution in [-0.2, 0) is 35.8 Å². The molecular weight excluding hydrogens is 564 g/mol. The van der Waals surface area contributed by atoms with E-state index < -0.39 is 0 Å². The third kappa shape index (κ3) is 9.68. The third-order valence-electron chi connectivity index (χ3n) is 10.7. The molecule has 1 saturated heterocycles. The number of unbranched alkanes of at least 4 members (excludes halogenated alkanes) is 2. The number of β-amino-alcohol motifs (C(OH)–C–C–N with tert-alkyl or cyclic N) is 1. The molecule has 45 heavy (non-hydrogen) atoms. The normalized spacial score (nSPS) is 23.8.